The van der Waals surface area contributed by atoms with Crippen molar-refractivity contribution in [2.45, 2.75) is 77.0 Å². The monoisotopic (exact) mass is 558 g/mol. The number of hydrogen-bond donors (Lipinski definition) is 4. The van der Waals surface area contributed by atoms with E-state index in [0.717, 1.165) is 13.8 Å². The van der Waals surface area contributed by atoms with E-state index in [9.17, 15) is 18.7 Å². The number of unbranched alkanes of at least 4 members (excludes halogenated alkanes) is 3. The molecule has 0 bridgehead atoms. The second kappa shape index (κ2) is 16.5. The Labute approximate surface area is 207 Å². The molecule has 0 aromatic heterocycles. The summed E-state index contributed by atoms with van der Waals surface area (Å²) < 4.78 is 29.5. The third kappa shape index (κ3) is 14.1. The number of carbonyl (C=O) groups excluding carboxylic acids is 2. The lowest BCUT2D eigenvalue weighted by molar-refractivity contribution is -0.910. The molecule has 198 valence electrons. The zero-order chi connectivity index (χ0) is 26.3. The minimum absolute atomic E-state index is 0.888. The van der Waals surface area contributed by atoms with E-state index in [-0.39, 0.29) is 0 Å². The van der Waals surface area contributed by atoms with Crippen LogP contribution < -0.4 is 11.0 Å². The van der Waals surface area contributed by atoms with Crippen molar-refractivity contribution in [1.82, 2.24) is 11.0 Å². The Morgan fingerprint density at radius 3 is 1.36 bits per heavy atom. The van der Waals surface area contributed by atoms with Gasteiger partial charge in [0.2, 0.25) is 11.8 Å². The number of amides is 2. The highest BCUT2D eigenvalue weighted by Gasteiger charge is 2.63. The first-order chi connectivity index (χ1) is 15.0. The first kappa shape index (κ1) is 34.9. The lowest BCUT2D eigenvalue weighted by atomic mass is 10.2. The minimum Gasteiger partial charge on any atom is -0.326 e. The minimum atomic E-state index is -5.39. The first-order valence-electron chi connectivity index (χ1n) is 10.8. The summed E-state index contributed by atoms with van der Waals surface area (Å²) in [4.78, 5) is 39.1. The van der Waals surface area contributed by atoms with Gasteiger partial charge in [-0.15, -0.1) is 0 Å². The summed E-state index contributed by atoms with van der Waals surface area (Å²) in [5.74, 6) is -1.78. The standard InChI is InChI=1S/C13H30N.C5H10Cl2N2O8P2/c1-5-8-11-14(4,12-9-6-2)13-10-7-3;1-3(10)8-16-19(15,17-9-4(2)11)5(6,7)18(12,13)14/h5-13H2,1-4H3;1-2H3,(H,8,10)(H,9,11)(H2,12,13,14)/q+1;. The largest absolute Gasteiger partial charge is 0.421 e. The molecule has 0 aromatic rings. The van der Waals surface area contributed by atoms with Crippen molar-refractivity contribution in [2.75, 3.05) is 26.7 Å². The van der Waals surface area contributed by atoms with Crippen LogP contribution in [-0.4, -0.2) is 56.6 Å². The Morgan fingerprint density at radius 1 is 0.848 bits per heavy atom. The van der Waals surface area contributed by atoms with Crippen LogP contribution in [0.3, 0.4) is 0 Å². The molecule has 0 saturated carbocycles. The molecule has 0 heterocycles. The third-order valence-corrected chi connectivity index (χ3v) is 10.6. The van der Waals surface area contributed by atoms with Crippen LogP contribution in [0.5, 0.6) is 0 Å². The van der Waals surface area contributed by atoms with Crippen molar-refractivity contribution in [3.05, 3.63) is 0 Å². The molecular formula is C18H40Cl2N3O8P2+. The van der Waals surface area contributed by atoms with Crippen molar-refractivity contribution in [3.63, 3.8) is 0 Å². The van der Waals surface area contributed by atoms with Gasteiger partial charge in [-0.1, -0.05) is 63.2 Å². The summed E-state index contributed by atoms with van der Waals surface area (Å²) in [6.07, 6.45) is 8.20. The highest BCUT2D eigenvalue weighted by Crippen LogP contribution is 2.77. The molecule has 0 rings (SSSR count). The van der Waals surface area contributed by atoms with Crippen LogP contribution in [0.4, 0.5) is 0 Å². The average Bonchev–Trinajstić information content (AvgIpc) is 2.71. The second-order valence-corrected chi connectivity index (χ2v) is 14.4. The van der Waals surface area contributed by atoms with Gasteiger partial charge >= 0.3 is 19.0 Å². The van der Waals surface area contributed by atoms with E-state index in [0.29, 0.717) is 0 Å². The predicted molar refractivity (Wildman–Crippen MR) is 129 cm³/mol. The van der Waals surface area contributed by atoms with E-state index >= 15 is 0 Å². The van der Waals surface area contributed by atoms with Gasteiger partial charge in [-0.2, -0.15) is 9.25 Å². The summed E-state index contributed by atoms with van der Waals surface area (Å²) in [6.45, 7) is 12.9. The van der Waals surface area contributed by atoms with E-state index < -0.39 is 30.8 Å². The van der Waals surface area contributed by atoms with Crippen LogP contribution >= 0.6 is 38.4 Å². The molecule has 0 aliphatic rings. The molecule has 11 nitrogen and oxygen atoms in total. The van der Waals surface area contributed by atoms with Crippen LogP contribution in [0.15, 0.2) is 0 Å². The summed E-state index contributed by atoms with van der Waals surface area (Å²) >= 11 is 10.5. The number of halogens is 2. The third-order valence-electron chi connectivity index (χ3n) is 4.45. The topological polar surface area (TPSA) is 151 Å². The van der Waals surface area contributed by atoms with Gasteiger partial charge in [0.25, 0.3) is 0 Å². The van der Waals surface area contributed by atoms with Crippen molar-refractivity contribution in [1.29, 1.82) is 0 Å². The van der Waals surface area contributed by atoms with Crippen molar-refractivity contribution >= 4 is 50.2 Å². The normalized spacial score (nSPS) is 12.5. The molecule has 4 N–H and O–H groups in total. The number of carbonyl (C=O) groups is 2. The van der Waals surface area contributed by atoms with E-state index in [1.54, 1.807) is 0 Å². The van der Waals surface area contributed by atoms with Gasteiger partial charge in [0.1, 0.15) is 0 Å². The van der Waals surface area contributed by atoms with Crippen LogP contribution in [-0.2, 0) is 28.0 Å². The fourth-order valence-electron chi connectivity index (χ4n) is 2.49. The summed E-state index contributed by atoms with van der Waals surface area (Å²) in [7, 11) is -8.00. The van der Waals surface area contributed by atoms with Gasteiger partial charge in [0, 0.05) is 13.8 Å². The molecule has 0 spiro atoms. The lowest BCUT2D eigenvalue weighted by Gasteiger charge is -2.34. The molecule has 0 aliphatic heterocycles. The quantitative estimate of drug-likeness (QED) is 0.0997. The molecule has 0 saturated heterocycles. The molecule has 15 heteroatoms. The number of hydrogen-bond acceptors (Lipinski definition) is 6. The molecule has 0 unspecified atom stereocenters. The van der Waals surface area contributed by atoms with Crippen LogP contribution in [0.1, 0.15) is 73.1 Å². The number of alkyl halides is 2. The Kier molecular flexibility index (Phi) is 17.4. The number of nitrogens with one attached hydrogen (secondary N) is 2. The lowest BCUT2D eigenvalue weighted by Crippen LogP contribution is -2.46. The number of quaternary nitrogens is 1. The maximum atomic E-state index is 12.1. The molecule has 0 aliphatic carbocycles. The smallest absolute Gasteiger partial charge is 0.326 e. The highest BCUT2D eigenvalue weighted by atomic mass is 35.5. The summed E-state index contributed by atoms with van der Waals surface area (Å²) in [5.41, 5.74) is 2.99. The maximum absolute atomic E-state index is 12.1. The van der Waals surface area contributed by atoms with Crippen molar-refractivity contribution in [2.24, 2.45) is 0 Å². The maximum Gasteiger partial charge on any atom is 0.421 e. The van der Waals surface area contributed by atoms with Gasteiger partial charge in [-0.05, 0) is 19.3 Å². The van der Waals surface area contributed by atoms with Crippen molar-refractivity contribution in [3.8, 4) is 0 Å². The Morgan fingerprint density at radius 2 is 1.15 bits per heavy atom. The Balaban J connectivity index is 0. The van der Waals surface area contributed by atoms with Gasteiger partial charge in [-0.25, -0.2) is 11.0 Å². The molecule has 0 aromatic carbocycles. The fraction of sp³-hybridized carbons (Fsp3) is 0.889. The van der Waals surface area contributed by atoms with Crippen LogP contribution in [0.25, 0.3) is 0 Å². The molecular weight excluding hydrogens is 519 g/mol. The molecule has 33 heavy (non-hydrogen) atoms. The van der Waals surface area contributed by atoms with Gasteiger partial charge < -0.3 is 14.3 Å². The Bertz CT molecular complexity index is 648. The van der Waals surface area contributed by atoms with Gasteiger partial charge in [0.15, 0.2) is 0 Å². The number of rotatable bonds is 15. The van der Waals surface area contributed by atoms with Crippen molar-refractivity contribution < 1.29 is 42.2 Å². The van der Waals surface area contributed by atoms with Gasteiger partial charge in [0.05, 0.1) is 26.7 Å². The first-order valence-corrected chi connectivity index (χ1v) is 14.7. The SMILES string of the molecule is CC(=O)NOP(=O)(ONC(C)=O)C(Cl)(Cl)P(=O)(O)O.CCCC[N+](C)(CCCC)CCCC. The second-order valence-electron chi connectivity index (χ2n) is 7.90. The summed E-state index contributed by atoms with van der Waals surface area (Å²) in [6, 6.07) is 0. The van der Waals surface area contributed by atoms with E-state index in [1.807, 2.05) is 0 Å². The summed E-state index contributed by atoms with van der Waals surface area (Å²) in [5, 5.41) is 0. The van der Waals surface area contributed by atoms with Crippen LogP contribution in [0, 0.1) is 0 Å². The zero-order valence-corrected chi connectivity index (χ0v) is 23.6. The Hall–Kier alpha value is -0.220. The van der Waals surface area contributed by atoms with Gasteiger partial charge in [-0.3, -0.25) is 18.7 Å². The molecule has 0 fully saturated rings. The average molecular weight is 559 g/mol. The van der Waals surface area contributed by atoms with E-state index in [1.165, 1.54) is 73.6 Å². The molecule has 0 atom stereocenters. The number of nitrogens with zero attached hydrogens (tertiary/aromatic N) is 1. The zero-order valence-electron chi connectivity index (χ0n) is 20.3. The molecule has 2 amide bonds. The predicted octanol–water partition coefficient (Wildman–Crippen LogP) is 4.41. The highest BCUT2D eigenvalue weighted by molar-refractivity contribution is 7.79. The van der Waals surface area contributed by atoms with E-state index in [4.69, 9.17) is 33.0 Å². The van der Waals surface area contributed by atoms with E-state index in [2.05, 4.69) is 37.1 Å². The van der Waals surface area contributed by atoms with Crippen LogP contribution in [0.2, 0.25) is 0 Å². The number of hydroxylamine groups is 2. The molecule has 0 radical (unpaired) electrons. The fourth-order valence-corrected chi connectivity index (χ4v) is 5.18.